The largest absolute Gasteiger partial charge is 0.383 e. The molecule has 1 heterocycles. The Kier molecular flexibility index (Phi) is 6.41. The zero-order chi connectivity index (χ0) is 14.5. The minimum absolute atomic E-state index is 0.0880. The Morgan fingerprint density at radius 1 is 1.47 bits per heavy atom. The number of nitrogens with zero attached hydrogens (tertiary/aromatic N) is 1. The Hall–Kier alpha value is -0.470. The van der Waals surface area contributed by atoms with Crippen LogP contribution in [-0.4, -0.2) is 46.1 Å². The van der Waals surface area contributed by atoms with Gasteiger partial charge in [-0.3, -0.25) is 0 Å². The summed E-state index contributed by atoms with van der Waals surface area (Å²) in [4.78, 5) is 0. The SMILES string of the molecule is CNCc1csc(S(=O)(=O)N(CCOC)C(C)C)c1. The third kappa shape index (κ3) is 4.25. The van der Waals surface area contributed by atoms with Crippen LogP contribution in [0.1, 0.15) is 19.4 Å². The van der Waals surface area contributed by atoms with E-state index in [9.17, 15) is 8.42 Å². The highest BCUT2D eigenvalue weighted by molar-refractivity contribution is 7.91. The number of hydrogen-bond acceptors (Lipinski definition) is 5. The van der Waals surface area contributed by atoms with E-state index in [0.717, 1.165) is 5.56 Å². The second-order valence-corrected chi connectivity index (χ2v) is 7.54. The average molecular weight is 306 g/mol. The second-order valence-electron chi connectivity index (χ2n) is 4.51. The van der Waals surface area contributed by atoms with Crippen molar-refractivity contribution in [3.8, 4) is 0 Å². The molecule has 1 rings (SSSR count). The van der Waals surface area contributed by atoms with E-state index >= 15 is 0 Å². The number of thiophene rings is 1. The molecule has 1 aromatic heterocycles. The standard InChI is InChI=1S/C12H22N2O3S2/c1-10(2)14(5-6-17-4)19(15,16)12-7-11(8-13-3)9-18-12/h7,9-10,13H,5-6,8H2,1-4H3. The van der Waals surface area contributed by atoms with Crippen molar-refractivity contribution in [1.82, 2.24) is 9.62 Å². The van der Waals surface area contributed by atoms with E-state index in [4.69, 9.17) is 4.74 Å². The molecule has 7 heteroatoms. The van der Waals surface area contributed by atoms with Crippen LogP contribution in [0, 0.1) is 0 Å². The number of nitrogens with one attached hydrogen (secondary N) is 1. The van der Waals surface area contributed by atoms with Crippen molar-refractivity contribution in [3.05, 3.63) is 17.0 Å². The highest BCUT2D eigenvalue weighted by atomic mass is 32.2. The predicted molar refractivity (Wildman–Crippen MR) is 78.0 cm³/mol. The Bertz CT molecular complexity index is 483. The van der Waals surface area contributed by atoms with Gasteiger partial charge in [-0.25, -0.2) is 8.42 Å². The quantitative estimate of drug-likeness (QED) is 0.791. The van der Waals surface area contributed by atoms with Crippen LogP contribution in [0.3, 0.4) is 0 Å². The summed E-state index contributed by atoms with van der Waals surface area (Å²) < 4.78 is 32.0. The molecule has 1 aromatic rings. The summed E-state index contributed by atoms with van der Waals surface area (Å²) in [5.41, 5.74) is 0.988. The fourth-order valence-corrected chi connectivity index (χ4v) is 4.70. The van der Waals surface area contributed by atoms with Crippen molar-refractivity contribution < 1.29 is 13.2 Å². The molecule has 0 spiro atoms. The maximum atomic E-state index is 12.6. The number of rotatable bonds is 8. The maximum absolute atomic E-state index is 12.6. The lowest BCUT2D eigenvalue weighted by Gasteiger charge is -2.24. The van der Waals surface area contributed by atoms with Gasteiger partial charge in [0.25, 0.3) is 10.0 Å². The predicted octanol–water partition coefficient (Wildman–Crippen LogP) is 1.51. The molecule has 0 saturated carbocycles. The van der Waals surface area contributed by atoms with E-state index in [0.29, 0.717) is 23.9 Å². The van der Waals surface area contributed by atoms with Gasteiger partial charge in [-0.15, -0.1) is 11.3 Å². The Morgan fingerprint density at radius 2 is 2.16 bits per heavy atom. The maximum Gasteiger partial charge on any atom is 0.252 e. The second kappa shape index (κ2) is 7.35. The Morgan fingerprint density at radius 3 is 2.68 bits per heavy atom. The zero-order valence-electron chi connectivity index (χ0n) is 11.8. The fraction of sp³-hybridized carbons (Fsp3) is 0.667. The van der Waals surface area contributed by atoms with Crippen molar-refractivity contribution in [2.45, 2.75) is 30.6 Å². The summed E-state index contributed by atoms with van der Waals surface area (Å²) in [6, 6.07) is 1.65. The van der Waals surface area contributed by atoms with Crippen LogP contribution in [0.5, 0.6) is 0 Å². The molecule has 0 aromatic carbocycles. The van der Waals surface area contributed by atoms with Crippen molar-refractivity contribution in [2.24, 2.45) is 0 Å². The number of sulfonamides is 1. The first-order chi connectivity index (χ1) is 8.93. The highest BCUT2D eigenvalue weighted by Gasteiger charge is 2.28. The molecule has 0 aliphatic heterocycles. The van der Waals surface area contributed by atoms with Crippen LogP contribution in [0.2, 0.25) is 0 Å². The molecule has 0 aliphatic carbocycles. The molecule has 0 aliphatic rings. The molecule has 0 amide bonds. The first-order valence-corrected chi connectivity index (χ1v) is 8.48. The van der Waals surface area contributed by atoms with Gasteiger partial charge >= 0.3 is 0 Å². The van der Waals surface area contributed by atoms with E-state index in [1.165, 1.54) is 15.6 Å². The number of ether oxygens (including phenoxy) is 1. The molecular weight excluding hydrogens is 284 g/mol. The van der Waals surface area contributed by atoms with Crippen LogP contribution in [0.4, 0.5) is 0 Å². The smallest absolute Gasteiger partial charge is 0.252 e. The topological polar surface area (TPSA) is 58.6 Å². The molecule has 0 fully saturated rings. The van der Waals surface area contributed by atoms with Crippen molar-refractivity contribution in [2.75, 3.05) is 27.3 Å². The van der Waals surface area contributed by atoms with Crippen molar-refractivity contribution in [1.29, 1.82) is 0 Å². The molecule has 0 radical (unpaired) electrons. The van der Waals surface area contributed by atoms with Crippen molar-refractivity contribution in [3.63, 3.8) is 0 Å². The van der Waals surface area contributed by atoms with Crippen molar-refractivity contribution >= 4 is 21.4 Å². The molecule has 0 saturated heterocycles. The molecule has 5 nitrogen and oxygen atoms in total. The minimum atomic E-state index is -3.43. The molecular formula is C12H22N2O3S2. The monoisotopic (exact) mass is 306 g/mol. The van der Waals surface area contributed by atoms with Crippen LogP contribution >= 0.6 is 11.3 Å². The van der Waals surface area contributed by atoms with Crippen LogP contribution in [0.15, 0.2) is 15.7 Å². The fourth-order valence-electron chi connectivity index (χ4n) is 1.74. The zero-order valence-corrected chi connectivity index (χ0v) is 13.5. The molecule has 110 valence electrons. The molecule has 0 atom stereocenters. The number of hydrogen-bond donors (Lipinski definition) is 1. The van der Waals surface area contributed by atoms with Crippen LogP contribution < -0.4 is 5.32 Å². The van der Waals surface area contributed by atoms with Gasteiger partial charge in [0.05, 0.1) is 6.61 Å². The normalized spacial score (nSPS) is 12.5. The first kappa shape index (κ1) is 16.6. The third-order valence-electron chi connectivity index (χ3n) is 2.67. The summed E-state index contributed by atoms with van der Waals surface area (Å²) in [6.45, 7) is 5.18. The van der Waals surface area contributed by atoms with Gasteiger partial charge in [0, 0.05) is 26.2 Å². The third-order valence-corrected chi connectivity index (χ3v) is 6.20. The molecule has 0 bridgehead atoms. The van der Waals surface area contributed by atoms with Crippen LogP contribution in [-0.2, 0) is 21.3 Å². The minimum Gasteiger partial charge on any atom is -0.383 e. The Labute approximate surface area is 119 Å². The summed E-state index contributed by atoms with van der Waals surface area (Å²) in [7, 11) is -0.0171. The highest BCUT2D eigenvalue weighted by Crippen LogP contribution is 2.25. The summed E-state index contributed by atoms with van der Waals surface area (Å²) in [5, 5.41) is 4.89. The number of methoxy groups -OCH3 is 1. The van der Waals surface area contributed by atoms with E-state index in [1.807, 2.05) is 26.3 Å². The van der Waals surface area contributed by atoms with Gasteiger partial charge in [-0.1, -0.05) is 0 Å². The van der Waals surface area contributed by atoms with E-state index in [2.05, 4.69) is 5.32 Å². The summed E-state index contributed by atoms with van der Waals surface area (Å²) >= 11 is 1.27. The van der Waals surface area contributed by atoms with Gasteiger partial charge in [-0.2, -0.15) is 4.31 Å². The van der Waals surface area contributed by atoms with Gasteiger partial charge in [0.15, 0.2) is 0 Å². The lowest BCUT2D eigenvalue weighted by atomic mass is 10.3. The molecule has 1 N–H and O–H groups in total. The Balaban J connectivity index is 2.97. The van der Waals surface area contributed by atoms with Gasteiger partial charge in [0.1, 0.15) is 4.21 Å². The summed E-state index contributed by atoms with van der Waals surface area (Å²) in [5.74, 6) is 0. The lowest BCUT2D eigenvalue weighted by molar-refractivity contribution is 0.171. The van der Waals surface area contributed by atoms with E-state index in [1.54, 1.807) is 13.2 Å². The van der Waals surface area contributed by atoms with Gasteiger partial charge < -0.3 is 10.1 Å². The van der Waals surface area contributed by atoms with Gasteiger partial charge in [-0.05, 0) is 37.9 Å². The summed E-state index contributed by atoms with van der Waals surface area (Å²) in [6.07, 6.45) is 0. The van der Waals surface area contributed by atoms with Gasteiger partial charge in [0.2, 0.25) is 0 Å². The van der Waals surface area contributed by atoms with E-state index in [-0.39, 0.29) is 6.04 Å². The van der Waals surface area contributed by atoms with E-state index < -0.39 is 10.0 Å². The average Bonchev–Trinajstić information content (AvgIpc) is 2.78. The van der Waals surface area contributed by atoms with Crippen LogP contribution in [0.25, 0.3) is 0 Å². The lowest BCUT2D eigenvalue weighted by Crippen LogP contribution is -2.38. The molecule has 0 unspecified atom stereocenters. The molecule has 19 heavy (non-hydrogen) atoms. The first-order valence-electron chi connectivity index (χ1n) is 6.16.